The van der Waals surface area contributed by atoms with E-state index in [0.717, 1.165) is 11.1 Å². The van der Waals surface area contributed by atoms with Crippen LogP contribution in [0.5, 0.6) is 5.75 Å². The molecule has 0 fully saturated rings. The maximum atomic E-state index is 12.6. The zero-order chi connectivity index (χ0) is 26.2. The minimum absolute atomic E-state index is 0.0174. The fourth-order valence-electron chi connectivity index (χ4n) is 3.19. The summed E-state index contributed by atoms with van der Waals surface area (Å²) in [6.45, 7) is 3.51. The van der Waals surface area contributed by atoms with Gasteiger partial charge in [-0.2, -0.15) is 0 Å². The van der Waals surface area contributed by atoms with Gasteiger partial charge in [0.05, 0.1) is 9.79 Å². The molecule has 0 aliphatic carbocycles. The van der Waals surface area contributed by atoms with E-state index >= 15 is 0 Å². The van der Waals surface area contributed by atoms with Crippen LogP contribution in [0.2, 0.25) is 0 Å². The van der Waals surface area contributed by atoms with E-state index in [-0.39, 0.29) is 36.0 Å². The Bertz CT molecular complexity index is 1390. The molecule has 9 nitrogen and oxygen atoms in total. The zero-order valence-corrected chi connectivity index (χ0v) is 21.7. The quantitative estimate of drug-likeness (QED) is 0.307. The minimum Gasteiger partial charge on any atom is -0.484 e. The summed E-state index contributed by atoms with van der Waals surface area (Å²) in [5.74, 6) is -0.0719. The highest BCUT2D eigenvalue weighted by Crippen LogP contribution is 2.22. The van der Waals surface area contributed by atoms with Crippen LogP contribution in [0.25, 0.3) is 0 Å². The van der Waals surface area contributed by atoms with Crippen molar-refractivity contribution in [3.8, 4) is 5.75 Å². The Morgan fingerprint density at radius 1 is 0.778 bits per heavy atom. The normalized spacial score (nSPS) is 11.7. The first-order valence-electron chi connectivity index (χ1n) is 11.2. The summed E-state index contributed by atoms with van der Waals surface area (Å²) in [6.07, 6.45) is 0. The van der Waals surface area contributed by atoms with Gasteiger partial charge in [0, 0.05) is 19.6 Å². The number of sulfonamides is 2. The van der Waals surface area contributed by atoms with E-state index in [1.807, 2.05) is 37.3 Å². The van der Waals surface area contributed by atoms with Gasteiger partial charge in [0.25, 0.3) is 5.91 Å². The maximum Gasteiger partial charge on any atom is 0.257 e. The van der Waals surface area contributed by atoms with Crippen LogP contribution in [-0.4, -0.2) is 42.4 Å². The molecular formula is C25H29N3O6S2. The largest absolute Gasteiger partial charge is 0.484 e. The molecule has 3 N–H and O–H groups in total. The smallest absolute Gasteiger partial charge is 0.257 e. The van der Waals surface area contributed by atoms with Gasteiger partial charge in [0.15, 0.2) is 6.61 Å². The number of hydrogen-bond acceptors (Lipinski definition) is 6. The van der Waals surface area contributed by atoms with Gasteiger partial charge in [-0.05, 0) is 55.3 Å². The molecule has 0 saturated heterocycles. The maximum absolute atomic E-state index is 12.6. The van der Waals surface area contributed by atoms with Crippen molar-refractivity contribution < 1.29 is 26.4 Å². The predicted molar refractivity (Wildman–Crippen MR) is 137 cm³/mol. The molecule has 0 atom stereocenters. The molecule has 0 spiro atoms. The first-order valence-corrected chi connectivity index (χ1v) is 14.1. The molecule has 0 unspecified atom stereocenters. The van der Waals surface area contributed by atoms with Crippen molar-refractivity contribution in [1.29, 1.82) is 0 Å². The molecule has 0 bridgehead atoms. The fraction of sp³-hybridized carbons (Fsp3) is 0.240. The standard InChI is InChI=1S/C25H29N3O6S2/c1-19-8-10-22(11-9-19)35(30,31)27-15-14-26-25(29)18-34-24-13-12-23(16-20(24)2)36(32,33)28-17-21-6-4-3-5-7-21/h3-13,16,27-28H,14-15,17-18H2,1-2H3,(H,26,29). The Hall–Kier alpha value is -3.25. The SMILES string of the molecule is Cc1ccc(S(=O)(=O)NCCNC(=O)COc2ccc(S(=O)(=O)NCc3ccccc3)cc2C)cc1. The van der Waals surface area contributed by atoms with Gasteiger partial charge < -0.3 is 10.1 Å². The first kappa shape index (κ1) is 27.3. The number of carbonyl (C=O) groups excluding carboxylic acids is 1. The van der Waals surface area contributed by atoms with Crippen molar-refractivity contribution in [1.82, 2.24) is 14.8 Å². The second-order valence-electron chi connectivity index (χ2n) is 8.09. The lowest BCUT2D eigenvalue weighted by atomic mass is 10.2. The summed E-state index contributed by atoms with van der Waals surface area (Å²) in [5, 5.41) is 2.58. The Kier molecular flexibility index (Phi) is 9.21. The summed E-state index contributed by atoms with van der Waals surface area (Å²) in [6, 6.07) is 20.0. The van der Waals surface area contributed by atoms with Crippen LogP contribution in [0, 0.1) is 13.8 Å². The first-order chi connectivity index (χ1) is 17.1. The van der Waals surface area contributed by atoms with E-state index < -0.39 is 26.0 Å². The lowest BCUT2D eigenvalue weighted by Gasteiger charge is -2.12. The average molecular weight is 532 g/mol. The molecule has 0 aliphatic heterocycles. The Morgan fingerprint density at radius 2 is 1.42 bits per heavy atom. The molecule has 1 amide bonds. The number of carbonyl (C=O) groups is 1. The van der Waals surface area contributed by atoms with E-state index in [1.165, 1.54) is 30.3 Å². The Morgan fingerprint density at radius 3 is 2.08 bits per heavy atom. The Balaban J connectivity index is 1.45. The Labute approximate surface area is 212 Å². The second kappa shape index (κ2) is 12.1. The highest BCUT2D eigenvalue weighted by molar-refractivity contribution is 7.89. The average Bonchev–Trinajstić information content (AvgIpc) is 2.85. The van der Waals surface area contributed by atoms with Crippen LogP contribution in [-0.2, 0) is 31.4 Å². The highest BCUT2D eigenvalue weighted by atomic mass is 32.2. The van der Waals surface area contributed by atoms with E-state index in [0.29, 0.717) is 11.3 Å². The van der Waals surface area contributed by atoms with E-state index in [2.05, 4.69) is 14.8 Å². The summed E-state index contributed by atoms with van der Waals surface area (Å²) in [7, 11) is -7.38. The van der Waals surface area contributed by atoms with Crippen LogP contribution >= 0.6 is 0 Å². The molecular weight excluding hydrogens is 502 g/mol. The lowest BCUT2D eigenvalue weighted by Crippen LogP contribution is -2.36. The number of nitrogens with one attached hydrogen (secondary N) is 3. The molecule has 3 rings (SSSR count). The van der Waals surface area contributed by atoms with Gasteiger partial charge in [-0.3, -0.25) is 4.79 Å². The molecule has 3 aromatic carbocycles. The van der Waals surface area contributed by atoms with Gasteiger partial charge in [-0.25, -0.2) is 26.3 Å². The van der Waals surface area contributed by atoms with Gasteiger partial charge in [0.1, 0.15) is 5.75 Å². The van der Waals surface area contributed by atoms with Crippen molar-refractivity contribution in [2.24, 2.45) is 0 Å². The number of amides is 1. The molecule has 3 aromatic rings. The molecule has 192 valence electrons. The van der Waals surface area contributed by atoms with Crippen molar-refractivity contribution in [2.75, 3.05) is 19.7 Å². The number of hydrogen-bond donors (Lipinski definition) is 3. The monoisotopic (exact) mass is 531 g/mol. The summed E-state index contributed by atoms with van der Waals surface area (Å²) < 4.78 is 60.2. The minimum atomic E-state index is -3.72. The third-order valence-corrected chi connectivity index (χ3v) is 8.07. The zero-order valence-electron chi connectivity index (χ0n) is 20.0. The van der Waals surface area contributed by atoms with Crippen LogP contribution in [0.1, 0.15) is 16.7 Å². The molecule has 0 heterocycles. The van der Waals surface area contributed by atoms with Gasteiger partial charge in [-0.1, -0.05) is 48.0 Å². The van der Waals surface area contributed by atoms with Crippen LogP contribution in [0.3, 0.4) is 0 Å². The van der Waals surface area contributed by atoms with Crippen LogP contribution < -0.4 is 19.5 Å². The third-order valence-electron chi connectivity index (χ3n) is 5.20. The fourth-order valence-corrected chi connectivity index (χ4v) is 5.33. The number of ether oxygens (including phenoxy) is 1. The molecule has 36 heavy (non-hydrogen) atoms. The van der Waals surface area contributed by atoms with E-state index in [1.54, 1.807) is 19.1 Å². The summed E-state index contributed by atoms with van der Waals surface area (Å²) in [5.41, 5.74) is 2.34. The topological polar surface area (TPSA) is 131 Å². The van der Waals surface area contributed by atoms with Gasteiger partial charge >= 0.3 is 0 Å². The van der Waals surface area contributed by atoms with Crippen LogP contribution in [0.4, 0.5) is 0 Å². The second-order valence-corrected chi connectivity index (χ2v) is 11.6. The highest BCUT2D eigenvalue weighted by Gasteiger charge is 2.16. The summed E-state index contributed by atoms with van der Waals surface area (Å²) >= 11 is 0. The molecule has 11 heteroatoms. The lowest BCUT2D eigenvalue weighted by molar-refractivity contribution is -0.123. The molecule has 0 saturated carbocycles. The van der Waals surface area contributed by atoms with Crippen LogP contribution in [0.15, 0.2) is 82.6 Å². The molecule has 0 aliphatic rings. The summed E-state index contributed by atoms with van der Waals surface area (Å²) in [4.78, 5) is 12.3. The van der Waals surface area contributed by atoms with Crippen molar-refractivity contribution in [3.05, 3.63) is 89.5 Å². The molecule has 0 radical (unpaired) electrons. The number of benzene rings is 3. The van der Waals surface area contributed by atoms with Crippen molar-refractivity contribution in [2.45, 2.75) is 30.2 Å². The van der Waals surface area contributed by atoms with Gasteiger partial charge in [-0.15, -0.1) is 0 Å². The van der Waals surface area contributed by atoms with Gasteiger partial charge in [0.2, 0.25) is 20.0 Å². The number of rotatable bonds is 12. The van der Waals surface area contributed by atoms with E-state index in [9.17, 15) is 21.6 Å². The molecule has 0 aromatic heterocycles. The van der Waals surface area contributed by atoms with Crippen molar-refractivity contribution >= 4 is 26.0 Å². The number of aryl methyl sites for hydroxylation is 2. The third kappa shape index (κ3) is 7.89. The van der Waals surface area contributed by atoms with E-state index in [4.69, 9.17) is 4.74 Å². The van der Waals surface area contributed by atoms with Crippen molar-refractivity contribution in [3.63, 3.8) is 0 Å². The predicted octanol–water partition coefficient (Wildman–Crippen LogP) is 2.26.